The van der Waals surface area contributed by atoms with E-state index in [1.54, 1.807) is 22.5 Å². The predicted octanol–water partition coefficient (Wildman–Crippen LogP) is 2.08. The third-order valence-electron chi connectivity index (χ3n) is 4.48. The first-order valence-corrected chi connectivity index (χ1v) is 10.1. The van der Waals surface area contributed by atoms with Crippen molar-refractivity contribution in [1.82, 2.24) is 9.29 Å². The topological polar surface area (TPSA) is 59.5 Å². The summed E-state index contributed by atoms with van der Waals surface area (Å²) in [6.07, 6.45) is 4.68. The molecule has 1 aromatic rings. The predicted molar refractivity (Wildman–Crippen MR) is 87.9 cm³/mol. The molecule has 2 fully saturated rings. The lowest BCUT2D eigenvalue weighted by molar-refractivity contribution is 0.0882. The summed E-state index contributed by atoms with van der Waals surface area (Å²) in [7, 11) is -3.45. The van der Waals surface area contributed by atoms with Crippen molar-refractivity contribution in [2.45, 2.75) is 30.4 Å². The van der Waals surface area contributed by atoms with Gasteiger partial charge in [0.1, 0.15) is 0 Å². The molecule has 3 heterocycles. The summed E-state index contributed by atoms with van der Waals surface area (Å²) in [4.78, 5) is 3.98. The maximum absolute atomic E-state index is 12.5. The molecule has 1 unspecified atom stereocenters. The molecule has 1 spiro atoms. The molecular weight excluding hydrogens is 403 g/mol. The SMILES string of the molecule is O=S(=O)(c1ccccn1)N1CCC2(CC1)COC(CI)C2. The summed E-state index contributed by atoms with van der Waals surface area (Å²) in [5.41, 5.74) is 0.186. The minimum atomic E-state index is -3.45. The zero-order chi connectivity index (χ0) is 14.9. The van der Waals surface area contributed by atoms with Crippen LogP contribution in [0.2, 0.25) is 0 Å². The van der Waals surface area contributed by atoms with Crippen molar-refractivity contribution in [2.24, 2.45) is 5.41 Å². The van der Waals surface area contributed by atoms with E-state index >= 15 is 0 Å². The third-order valence-corrected chi connectivity index (χ3v) is 7.28. The van der Waals surface area contributed by atoms with Gasteiger partial charge in [-0.05, 0) is 36.8 Å². The van der Waals surface area contributed by atoms with Gasteiger partial charge in [0.25, 0.3) is 10.0 Å². The van der Waals surface area contributed by atoms with Crippen molar-refractivity contribution in [3.05, 3.63) is 24.4 Å². The van der Waals surface area contributed by atoms with Crippen LogP contribution < -0.4 is 0 Å². The van der Waals surface area contributed by atoms with E-state index in [0.717, 1.165) is 30.3 Å². The van der Waals surface area contributed by atoms with E-state index in [1.807, 2.05) is 0 Å². The van der Waals surface area contributed by atoms with Crippen LogP contribution in [-0.4, -0.2) is 47.9 Å². The molecule has 21 heavy (non-hydrogen) atoms. The Kier molecular flexibility index (Phi) is 4.54. The van der Waals surface area contributed by atoms with E-state index < -0.39 is 10.0 Å². The van der Waals surface area contributed by atoms with E-state index in [4.69, 9.17) is 4.74 Å². The maximum Gasteiger partial charge on any atom is 0.260 e. The molecule has 3 rings (SSSR count). The van der Waals surface area contributed by atoms with Gasteiger partial charge in [0.05, 0.1) is 12.7 Å². The Morgan fingerprint density at radius 1 is 1.38 bits per heavy atom. The van der Waals surface area contributed by atoms with Gasteiger partial charge in [0.15, 0.2) is 5.03 Å². The van der Waals surface area contributed by atoms with Crippen LogP contribution >= 0.6 is 22.6 Å². The zero-order valence-corrected chi connectivity index (χ0v) is 14.7. The van der Waals surface area contributed by atoms with E-state index in [0.29, 0.717) is 19.2 Å². The summed E-state index contributed by atoms with van der Waals surface area (Å²) in [6.45, 7) is 1.91. The molecule has 0 amide bonds. The van der Waals surface area contributed by atoms with Gasteiger partial charge in [-0.15, -0.1) is 0 Å². The number of hydrogen-bond donors (Lipinski definition) is 0. The quantitative estimate of drug-likeness (QED) is 0.553. The number of piperidine rings is 1. The molecule has 2 aliphatic rings. The summed E-state index contributed by atoms with van der Waals surface area (Å²) >= 11 is 2.35. The number of pyridine rings is 1. The van der Waals surface area contributed by atoms with Crippen LogP contribution in [0, 0.1) is 5.41 Å². The third kappa shape index (κ3) is 3.11. The molecular formula is C14H19IN2O3S. The number of aromatic nitrogens is 1. The first-order valence-electron chi connectivity index (χ1n) is 7.15. The number of alkyl halides is 1. The zero-order valence-electron chi connectivity index (χ0n) is 11.7. The molecule has 2 aliphatic heterocycles. The molecule has 1 aromatic heterocycles. The highest BCUT2D eigenvalue weighted by Gasteiger charge is 2.44. The lowest BCUT2D eigenvalue weighted by Gasteiger charge is -2.37. The second-order valence-corrected chi connectivity index (χ2v) is 8.63. The van der Waals surface area contributed by atoms with E-state index in [1.165, 1.54) is 6.20 Å². The second kappa shape index (κ2) is 6.10. The first kappa shape index (κ1) is 15.6. The van der Waals surface area contributed by atoms with Crippen LogP contribution in [0.25, 0.3) is 0 Å². The Morgan fingerprint density at radius 3 is 2.71 bits per heavy atom. The van der Waals surface area contributed by atoms with Crippen molar-refractivity contribution in [3.8, 4) is 0 Å². The lowest BCUT2D eigenvalue weighted by atomic mass is 9.77. The number of rotatable bonds is 3. The van der Waals surface area contributed by atoms with E-state index in [2.05, 4.69) is 27.6 Å². The highest BCUT2D eigenvalue weighted by molar-refractivity contribution is 14.1. The first-order chi connectivity index (χ1) is 10.1. The van der Waals surface area contributed by atoms with Crippen LogP contribution in [0.3, 0.4) is 0 Å². The molecule has 2 saturated heterocycles. The number of sulfonamides is 1. The lowest BCUT2D eigenvalue weighted by Crippen LogP contribution is -2.43. The highest BCUT2D eigenvalue weighted by Crippen LogP contribution is 2.43. The maximum atomic E-state index is 12.5. The molecule has 0 aliphatic carbocycles. The number of hydrogen-bond acceptors (Lipinski definition) is 4. The van der Waals surface area contributed by atoms with Crippen molar-refractivity contribution >= 4 is 32.6 Å². The van der Waals surface area contributed by atoms with Gasteiger partial charge in [-0.1, -0.05) is 28.7 Å². The average molecular weight is 422 g/mol. The fourth-order valence-electron chi connectivity index (χ4n) is 3.18. The molecule has 0 radical (unpaired) electrons. The fourth-order valence-corrected chi connectivity index (χ4v) is 5.11. The number of nitrogens with zero attached hydrogens (tertiary/aromatic N) is 2. The van der Waals surface area contributed by atoms with Crippen LogP contribution in [0.1, 0.15) is 19.3 Å². The fraction of sp³-hybridized carbons (Fsp3) is 0.643. The summed E-state index contributed by atoms with van der Waals surface area (Å²) in [5, 5.41) is 0.147. The van der Waals surface area contributed by atoms with Gasteiger partial charge < -0.3 is 4.74 Å². The highest BCUT2D eigenvalue weighted by atomic mass is 127. The molecule has 5 nitrogen and oxygen atoms in total. The smallest absolute Gasteiger partial charge is 0.260 e. The van der Waals surface area contributed by atoms with Gasteiger partial charge >= 0.3 is 0 Å². The Labute approximate surface area is 139 Å². The van der Waals surface area contributed by atoms with Gasteiger partial charge in [-0.25, -0.2) is 13.4 Å². The Balaban J connectivity index is 1.69. The van der Waals surface area contributed by atoms with Crippen LogP contribution in [-0.2, 0) is 14.8 Å². The molecule has 0 bridgehead atoms. The van der Waals surface area contributed by atoms with Gasteiger partial charge in [0, 0.05) is 23.7 Å². The minimum absolute atomic E-state index is 0.147. The largest absolute Gasteiger partial charge is 0.377 e. The van der Waals surface area contributed by atoms with Crippen molar-refractivity contribution < 1.29 is 13.2 Å². The van der Waals surface area contributed by atoms with Crippen molar-refractivity contribution in [3.63, 3.8) is 0 Å². The van der Waals surface area contributed by atoms with Gasteiger partial charge in [0.2, 0.25) is 0 Å². The average Bonchev–Trinajstić information content (AvgIpc) is 2.92. The summed E-state index contributed by atoms with van der Waals surface area (Å²) in [5.74, 6) is 0. The molecule has 1 atom stereocenters. The molecule has 116 valence electrons. The van der Waals surface area contributed by atoms with Crippen molar-refractivity contribution in [1.29, 1.82) is 0 Å². The Hall–Kier alpha value is -0.250. The number of ether oxygens (including phenoxy) is 1. The standard InChI is InChI=1S/C14H19IN2O3S/c15-10-12-9-14(11-20-12)4-7-17(8-5-14)21(18,19)13-3-1-2-6-16-13/h1-3,6,12H,4-5,7-11H2. The van der Waals surface area contributed by atoms with Crippen LogP contribution in [0.4, 0.5) is 0 Å². The van der Waals surface area contributed by atoms with E-state index in [-0.39, 0.29) is 10.4 Å². The molecule has 0 N–H and O–H groups in total. The minimum Gasteiger partial charge on any atom is -0.377 e. The summed E-state index contributed by atoms with van der Waals surface area (Å²) in [6, 6.07) is 5.00. The van der Waals surface area contributed by atoms with Crippen LogP contribution in [0.5, 0.6) is 0 Å². The Bertz CT molecular complexity index is 585. The monoisotopic (exact) mass is 422 g/mol. The molecule has 0 saturated carbocycles. The normalized spacial score (nSPS) is 26.2. The van der Waals surface area contributed by atoms with Gasteiger partial charge in [-0.2, -0.15) is 4.31 Å². The Morgan fingerprint density at radius 2 is 2.14 bits per heavy atom. The van der Waals surface area contributed by atoms with Crippen molar-refractivity contribution in [2.75, 3.05) is 24.1 Å². The second-order valence-electron chi connectivity index (χ2n) is 5.86. The summed E-state index contributed by atoms with van der Waals surface area (Å²) < 4.78 is 33.5. The molecule has 0 aromatic carbocycles. The van der Waals surface area contributed by atoms with Crippen LogP contribution in [0.15, 0.2) is 29.4 Å². The van der Waals surface area contributed by atoms with Gasteiger partial charge in [-0.3, -0.25) is 0 Å². The molecule has 7 heteroatoms. The number of halogens is 1. The van der Waals surface area contributed by atoms with E-state index in [9.17, 15) is 8.42 Å².